The Morgan fingerprint density at radius 2 is 1.67 bits per heavy atom. The van der Waals surface area contributed by atoms with Crippen LogP contribution in [0.15, 0.2) is 48.5 Å². The zero-order chi connectivity index (χ0) is 15.2. The van der Waals surface area contributed by atoms with Gasteiger partial charge in [0.1, 0.15) is 11.5 Å². The number of ether oxygens (including phenoxy) is 2. The second-order valence-corrected chi connectivity index (χ2v) is 4.81. The molecule has 0 amide bonds. The number of para-hydroxylation sites is 2. The first kappa shape index (κ1) is 15.2. The van der Waals surface area contributed by atoms with E-state index in [9.17, 15) is 0 Å². The predicted octanol–water partition coefficient (Wildman–Crippen LogP) is 2.84. The van der Waals surface area contributed by atoms with E-state index >= 15 is 0 Å². The molecule has 0 aliphatic rings. The highest BCUT2D eigenvalue weighted by atomic mass is 16.5. The molecule has 2 N–H and O–H groups in total. The van der Waals surface area contributed by atoms with Crippen LogP contribution in [0, 0.1) is 0 Å². The van der Waals surface area contributed by atoms with Crippen molar-refractivity contribution in [3.05, 3.63) is 54.1 Å². The number of benzene rings is 2. The third-order valence-corrected chi connectivity index (χ3v) is 3.66. The Balaban J connectivity index is 2.31. The summed E-state index contributed by atoms with van der Waals surface area (Å²) in [5.74, 6) is 1.68. The van der Waals surface area contributed by atoms with E-state index in [4.69, 9.17) is 15.2 Å². The molecule has 0 saturated heterocycles. The summed E-state index contributed by atoms with van der Waals surface area (Å²) in [6.07, 6.45) is 0. The summed E-state index contributed by atoms with van der Waals surface area (Å²) in [6, 6.07) is 16.0. The number of hydrogen-bond donors (Lipinski definition) is 1. The second-order valence-electron chi connectivity index (χ2n) is 4.81. The Hall–Kier alpha value is -2.20. The maximum absolute atomic E-state index is 5.99. The number of anilines is 1. The molecule has 2 aromatic carbocycles. The van der Waals surface area contributed by atoms with Crippen molar-refractivity contribution in [1.29, 1.82) is 0 Å². The third kappa shape index (κ3) is 3.28. The molecule has 0 heterocycles. The molecule has 21 heavy (non-hydrogen) atoms. The van der Waals surface area contributed by atoms with Crippen molar-refractivity contribution in [2.24, 2.45) is 5.73 Å². The standard InChI is InChI=1S/C17H22N2O2/c1-19(15-6-4-5-7-17(15)21-3)16(12-18)13-8-10-14(20-2)11-9-13/h4-11,16H,12,18H2,1-3H3. The van der Waals surface area contributed by atoms with E-state index in [1.165, 1.54) is 0 Å². The van der Waals surface area contributed by atoms with E-state index in [1.807, 2.05) is 55.6 Å². The van der Waals surface area contributed by atoms with E-state index in [0.29, 0.717) is 6.54 Å². The van der Waals surface area contributed by atoms with Gasteiger partial charge < -0.3 is 20.1 Å². The van der Waals surface area contributed by atoms with Gasteiger partial charge in [0, 0.05) is 13.6 Å². The fourth-order valence-corrected chi connectivity index (χ4v) is 2.43. The van der Waals surface area contributed by atoms with Crippen LogP contribution in [0.2, 0.25) is 0 Å². The molecule has 0 radical (unpaired) electrons. The Morgan fingerprint density at radius 1 is 1.00 bits per heavy atom. The minimum absolute atomic E-state index is 0.0761. The van der Waals surface area contributed by atoms with Gasteiger partial charge in [-0.1, -0.05) is 24.3 Å². The van der Waals surface area contributed by atoms with E-state index in [2.05, 4.69) is 4.90 Å². The topological polar surface area (TPSA) is 47.7 Å². The summed E-state index contributed by atoms with van der Waals surface area (Å²) in [5, 5.41) is 0. The molecule has 2 aromatic rings. The van der Waals surface area contributed by atoms with E-state index in [1.54, 1.807) is 14.2 Å². The van der Waals surface area contributed by atoms with Gasteiger partial charge in [-0.05, 0) is 29.8 Å². The Kier molecular flexibility index (Phi) is 5.06. The molecule has 1 unspecified atom stereocenters. The van der Waals surface area contributed by atoms with Crippen LogP contribution in [0.4, 0.5) is 5.69 Å². The van der Waals surface area contributed by atoms with Crippen molar-refractivity contribution < 1.29 is 9.47 Å². The fourth-order valence-electron chi connectivity index (χ4n) is 2.43. The van der Waals surface area contributed by atoms with Crippen LogP contribution in [0.25, 0.3) is 0 Å². The number of likely N-dealkylation sites (N-methyl/N-ethyl adjacent to an activating group) is 1. The van der Waals surface area contributed by atoms with E-state index in [0.717, 1.165) is 22.7 Å². The number of rotatable bonds is 6. The zero-order valence-corrected chi connectivity index (χ0v) is 12.7. The molecule has 1 atom stereocenters. The smallest absolute Gasteiger partial charge is 0.142 e. The monoisotopic (exact) mass is 286 g/mol. The van der Waals surface area contributed by atoms with Crippen LogP contribution < -0.4 is 20.1 Å². The van der Waals surface area contributed by atoms with Gasteiger partial charge in [-0.25, -0.2) is 0 Å². The quantitative estimate of drug-likeness (QED) is 0.887. The van der Waals surface area contributed by atoms with Gasteiger partial charge in [-0.15, -0.1) is 0 Å². The van der Waals surface area contributed by atoms with Gasteiger partial charge in [0.2, 0.25) is 0 Å². The van der Waals surface area contributed by atoms with Gasteiger partial charge in [0.15, 0.2) is 0 Å². The highest BCUT2D eigenvalue weighted by Gasteiger charge is 2.18. The summed E-state index contributed by atoms with van der Waals surface area (Å²) in [7, 11) is 5.37. The van der Waals surface area contributed by atoms with Gasteiger partial charge >= 0.3 is 0 Å². The average molecular weight is 286 g/mol. The van der Waals surface area contributed by atoms with Crippen LogP contribution >= 0.6 is 0 Å². The Morgan fingerprint density at radius 3 is 2.24 bits per heavy atom. The first-order valence-electron chi connectivity index (χ1n) is 6.91. The van der Waals surface area contributed by atoms with Gasteiger partial charge in [0.25, 0.3) is 0 Å². The zero-order valence-electron chi connectivity index (χ0n) is 12.7. The van der Waals surface area contributed by atoms with Gasteiger partial charge in [0.05, 0.1) is 25.9 Å². The number of hydrogen-bond acceptors (Lipinski definition) is 4. The molecule has 0 spiro atoms. The summed E-state index contributed by atoms with van der Waals surface area (Å²) >= 11 is 0. The molecule has 0 aliphatic heterocycles. The minimum Gasteiger partial charge on any atom is -0.497 e. The van der Waals surface area contributed by atoms with E-state index in [-0.39, 0.29) is 6.04 Å². The fraction of sp³-hybridized carbons (Fsp3) is 0.294. The molecule has 0 aromatic heterocycles. The average Bonchev–Trinajstić information content (AvgIpc) is 2.56. The Bertz CT molecular complexity index is 569. The lowest BCUT2D eigenvalue weighted by Gasteiger charge is -2.30. The van der Waals surface area contributed by atoms with Crippen LogP contribution in [0.1, 0.15) is 11.6 Å². The van der Waals surface area contributed by atoms with Crippen molar-refractivity contribution in [3.63, 3.8) is 0 Å². The van der Waals surface area contributed by atoms with Crippen LogP contribution in [-0.2, 0) is 0 Å². The highest BCUT2D eigenvalue weighted by molar-refractivity contribution is 5.59. The first-order chi connectivity index (χ1) is 10.2. The van der Waals surface area contributed by atoms with Gasteiger partial charge in [-0.3, -0.25) is 0 Å². The van der Waals surface area contributed by atoms with Gasteiger partial charge in [-0.2, -0.15) is 0 Å². The SMILES string of the molecule is COc1ccc(C(CN)N(C)c2ccccc2OC)cc1. The maximum Gasteiger partial charge on any atom is 0.142 e. The third-order valence-electron chi connectivity index (χ3n) is 3.66. The second kappa shape index (κ2) is 6.99. The molecule has 4 heteroatoms. The normalized spacial score (nSPS) is 11.8. The van der Waals surface area contributed by atoms with Crippen molar-refractivity contribution in [2.75, 3.05) is 32.7 Å². The summed E-state index contributed by atoms with van der Waals surface area (Å²) in [4.78, 5) is 2.14. The largest absolute Gasteiger partial charge is 0.497 e. The molecule has 0 saturated carbocycles. The lowest BCUT2D eigenvalue weighted by molar-refractivity contribution is 0.413. The van der Waals surface area contributed by atoms with Crippen molar-refractivity contribution in [3.8, 4) is 11.5 Å². The highest BCUT2D eigenvalue weighted by Crippen LogP contribution is 2.32. The molecular formula is C17H22N2O2. The number of nitrogens with zero attached hydrogens (tertiary/aromatic N) is 1. The molecule has 0 aliphatic carbocycles. The lowest BCUT2D eigenvalue weighted by atomic mass is 10.0. The van der Waals surface area contributed by atoms with Crippen molar-refractivity contribution in [2.45, 2.75) is 6.04 Å². The Labute approximate surface area is 126 Å². The van der Waals surface area contributed by atoms with Crippen molar-refractivity contribution in [1.82, 2.24) is 0 Å². The molecule has 2 rings (SSSR count). The van der Waals surface area contributed by atoms with Crippen LogP contribution in [0.3, 0.4) is 0 Å². The molecular weight excluding hydrogens is 264 g/mol. The van der Waals surface area contributed by atoms with Crippen LogP contribution in [-0.4, -0.2) is 27.8 Å². The van der Waals surface area contributed by atoms with E-state index < -0.39 is 0 Å². The molecule has 0 bridgehead atoms. The lowest BCUT2D eigenvalue weighted by Crippen LogP contribution is -2.30. The minimum atomic E-state index is 0.0761. The summed E-state index contributed by atoms with van der Waals surface area (Å²) in [6.45, 7) is 0.515. The van der Waals surface area contributed by atoms with Crippen molar-refractivity contribution >= 4 is 5.69 Å². The maximum atomic E-state index is 5.99. The first-order valence-corrected chi connectivity index (χ1v) is 6.91. The summed E-state index contributed by atoms with van der Waals surface area (Å²) in [5.41, 5.74) is 8.16. The number of nitrogens with two attached hydrogens (primary N) is 1. The molecule has 112 valence electrons. The predicted molar refractivity (Wildman–Crippen MR) is 86.2 cm³/mol. The molecule has 4 nitrogen and oxygen atoms in total. The summed E-state index contributed by atoms with van der Waals surface area (Å²) < 4.78 is 10.6. The molecule has 0 fully saturated rings. The number of methoxy groups -OCH3 is 2. The van der Waals surface area contributed by atoms with Crippen LogP contribution in [0.5, 0.6) is 11.5 Å².